The Kier molecular flexibility index (Phi) is 5.83. The van der Waals surface area contributed by atoms with E-state index in [1.807, 2.05) is 0 Å². The monoisotopic (exact) mass is 321 g/mol. The van der Waals surface area contributed by atoms with E-state index in [0.717, 1.165) is 0 Å². The summed E-state index contributed by atoms with van der Waals surface area (Å²) in [7, 11) is 0. The van der Waals surface area contributed by atoms with Crippen molar-refractivity contribution in [1.29, 1.82) is 0 Å². The maximum atomic E-state index is 12.2. The Morgan fingerprint density at radius 3 is 2.73 bits per heavy atom. The lowest BCUT2D eigenvalue weighted by molar-refractivity contribution is -0.126. The average molecular weight is 322 g/mol. The minimum atomic E-state index is -0.160. The summed E-state index contributed by atoms with van der Waals surface area (Å²) < 4.78 is 0. The van der Waals surface area contributed by atoms with Crippen molar-refractivity contribution in [2.45, 2.75) is 12.8 Å². The van der Waals surface area contributed by atoms with Crippen LogP contribution in [-0.2, 0) is 4.79 Å². The molecule has 0 unspecified atom stereocenters. The Balaban J connectivity index is 1.82. The van der Waals surface area contributed by atoms with Crippen molar-refractivity contribution in [3.8, 4) is 0 Å². The van der Waals surface area contributed by atoms with Crippen LogP contribution in [0, 0.1) is 5.92 Å². The normalized spacial score (nSPS) is 15.2. The number of carbonyl (C=O) groups excluding carboxylic acids is 2. The zero-order valence-corrected chi connectivity index (χ0v) is 13.1. The molecule has 1 aromatic carbocycles. The number of amides is 3. The van der Waals surface area contributed by atoms with Crippen molar-refractivity contribution in [3.05, 3.63) is 41.9 Å². The number of urea groups is 1. The first-order valence-corrected chi connectivity index (χ1v) is 7.68. The Morgan fingerprint density at radius 1 is 1.36 bits per heavy atom. The molecule has 5 nitrogen and oxygen atoms in total. The summed E-state index contributed by atoms with van der Waals surface area (Å²) in [5.41, 5.74) is 0.670. The molecule has 0 radical (unpaired) electrons. The van der Waals surface area contributed by atoms with Crippen LogP contribution in [0.25, 0.3) is 0 Å². The van der Waals surface area contributed by atoms with Crippen molar-refractivity contribution in [3.63, 3.8) is 0 Å². The summed E-state index contributed by atoms with van der Waals surface area (Å²) in [5.74, 6) is 0.00460. The second-order valence-electron chi connectivity index (χ2n) is 5.24. The molecule has 118 valence electrons. The van der Waals surface area contributed by atoms with Gasteiger partial charge in [0.05, 0.1) is 0 Å². The summed E-state index contributed by atoms with van der Waals surface area (Å²) >= 11 is 5.89. The van der Waals surface area contributed by atoms with Crippen molar-refractivity contribution < 1.29 is 9.59 Å². The number of piperidine rings is 1. The molecule has 3 amide bonds. The fourth-order valence-electron chi connectivity index (χ4n) is 2.43. The van der Waals surface area contributed by atoms with Gasteiger partial charge in [-0.1, -0.05) is 23.7 Å². The van der Waals surface area contributed by atoms with E-state index < -0.39 is 0 Å². The molecule has 0 bridgehead atoms. The number of nitrogens with zero attached hydrogens (tertiary/aromatic N) is 1. The van der Waals surface area contributed by atoms with Crippen LogP contribution in [0.5, 0.6) is 0 Å². The molecular formula is C16H20ClN3O2. The Bertz CT molecular complexity index is 554. The van der Waals surface area contributed by atoms with Gasteiger partial charge in [-0.25, -0.2) is 4.79 Å². The Hall–Kier alpha value is -2.01. The predicted octanol–water partition coefficient (Wildman–Crippen LogP) is 2.89. The average Bonchev–Trinajstić information content (AvgIpc) is 2.52. The molecule has 6 heteroatoms. The third-order valence-corrected chi connectivity index (χ3v) is 3.88. The fraction of sp³-hybridized carbons (Fsp3) is 0.375. The van der Waals surface area contributed by atoms with E-state index in [0.29, 0.717) is 43.2 Å². The molecule has 0 saturated carbocycles. The molecule has 1 saturated heterocycles. The van der Waals surface area contributed by atoms with Crippen molar-refractivity contribution in [1.82, 2.24) is 10.2 Å². The van der Waals surface area contributed by atoms with Crippen LogP contribution in [0.3, 0.4) is 0 Å². The number of carbonyl (C=O) groups is 2. The summed E-state index contributed by atoms with van der Waals surface area (Å²) in [4.78, 5) is 25.8. The van der Waals surface area contributed by atoms with E-state index in [2.05, 4.69) is 17.2 Å². The molecule has 1 fully saturated rings. The highest BCUT2D eigenvalue weighted by molar-refractivity contribution is 6.30. The van der Waals surface area contributed by atoms with Gasteiger partial charge in [0, 0.05) is 36.3 Å². The molecule has 22 heavy (non-hydrogen) atoms. The second kappa shape index (κ2) is 7.84. The molecule has 2 rings (SSSR count). The molecule has 0 aliphatic carbocycles. The van der Waals surface area contributed by atoms with Gasteiger partial charge in [0.25, 0.3) is 0 Å². The lowest BCUT2D eigenvalue weighted by atomic mass is 9.96. The standard InChI is InChI=1S/C16H20ClN3O2/c1-2-8-18-15(21)12-6-9-20(10-7-12)16(22)19-14-5-3-4-13(17)11-14/h2-5,11-12H,1,6-10H2,(H,18,21)(H,19,22). The predicted molar refractivity (Wildman–Crippen MR) is 88.0 cm³/mol. The minimum Gasteiger partial charge on any atom is -0.352 e. The Labute approximate surface area is 135 Å². The third kappa shape index (κ3) is 4.49. The van der Waals surface area contributed by atoms with Crippen molar-refractivity contribution >= 4 is 29.2 Å². The molecule has 1 aromatic rings. The Morgan fingerprint density at radius 2 is 2.09 bits per heavy atom. The second-order valence-corrected chi connectivity index (χ2v) is 5.67. The molecule has 2 N–H and O–H groups in total. The summed E-state index contributed by atoms with van der Waals surface area (Å²) in [6.45, 7) is 5.19. The molecule has 1 heterocycles. The molecule has 1 aliphatic heterocycles. The van der Waals surface area contributed by atoms with Crippen LogP contribution in [0.4, 0.5) is 10.5 Å². The summed E-state index contributed by atoms with van der Waals surface area (Å²) in [6, 6.07) is 6.87. The first-order valence-electron chi connectivity index (χ1n) is 7.30. The number of anilines is 1. The van der Waals surface area contributed by atoms with Gasteiger partial charge < -0.3 is 15.5 Å². The summed E-state index contributed by atoms with van der Waals surface area (Å²) in [5, 5.41) is 6.20. The van der Waals surface area contributed by atoms with Crippen LogP contribution < -0.4 is 10.6 Å². The molecule has 0 atom stereocenters. The highest BCUT2D eigenvalue weighted by atomic mass is 35.5. The maximum Gasteiger partial charge on any atom is 0.321 e. The molecule has 1 aliphatic rings. The third-order valence-electron chi connectivity index (χ3n) is 3.65. The van der Waals surface area contributed by atoms with Gasteiger partial charge >= 0.3 is 6.03 Å². The quantitative estimate of drug-likeness (QED) is 0.838. The number of rotatable bonds is 4. The fourth-order valence-corrected chi connectivity index (χ4v) is 2.62. The van der Waals surface area contributed by atoms with Gasteiger partial charge in [-0.15, -0.1) is 6.58 Å². The van der Waals surface area contributed by atoms with Crippen LogP contribution in [-0.4, -0.2) is 36.5 Å². The smallest absolute Gasteiger partial charge is 0.321 e. The first-order chi connectivity index (χ1) is 10.6. The zero-order chi connectivity index (χ0) is 15.9. The SMILES string of the molecule is C=CCNC(=O)C1CCN(C(=O)Nc2cccc(Cl)c2)CC1. The minimum absolute atomic E-state index is 0.0323. The van der Waals surface area contributed by atoms with Gasteiger partial charge in [0.1, 0.15) is 0 Å². The highest BCUT2D eigenvalue weighted by Crippen LogP contribution is 2.19. The topological polar surface area (TPSA) is 61.4 Å². The lowest BCUT2D eigenvalue weighted by Gasteiger charge is -2.31. The number of halogens is 1. The van der Waals surface area contributed by atoms with Crippen LogP contribution in [0.2, 0.25) is 5.02 Å². The molecule has 0 spiro atoms. The number of likely N-dealkylation sites (tertiary alicyclic amines) is 1. The van der Waals surface area contributed by atoms with Gasteiger partial charge in [0.15, 0.2) is 0 Å². The van der Waals surface area contributed by atoms with Gasteiger partial charge in [-0.2, -0.15) is 0 Å². The van der Waals surface area contributed by atoms with E-state index >= 15 is 0 Å². The number of hydrogen-bond acceptors (Lipinski definition) is 2. The molecule has 0 aromatic heterocycles. The zero-order valence-electron chi connectivity index (χ0n) is 12.3. The van der Waals surface area contributed by atoms with Crippen LogP contribution in [0.15, 0.2) is 36.9 Å². The van der Waals surface area contributed by atoms with Crippen molar-refractivity contribution in [2.75, 3.05) is 25.0 Å². The molecular weight excluding hydrogens is 302 g/mol. The van der Waals surface area contributed by atoms with Gasteiger partial charge in [-0.3, -0.25) is 4.79 Å². The van der Waals surface area contributed by atoms with Crippen LogP contribution in [0.1, 0.15) is 12.8 Å². The lowest BCUT2D eigenvalue weighted by Crippen LogP contribution is -2.44. The largest absolute Gasteiger partial charge is 0.352 e. The number of nitrogens with one attached hydrogen (secondary N) is 2. The summed E-state index contributed by atoms with van der Waals surface area (Å²) in [6.07, 6.45) is 3.00. The van der Waals surface area contributed by atoms with E-state index in [1.54, 1.807) is 35.2 Å². The van der Waals surface area contributed by atoms with Gasteiger partial charge in [0.2, 0.25) is 5.91 Å². The van der Waals surface area contributed by atoms with E-state index in [1.165, 1.54) is 0 Å². The van der Waals surface area contributed by atoms with Crippen LogP contribution >= 0.6 is 11.6 Å². The first kappa shape index (κ1) is 16.4. The maximum absolute atomic E-state index is 12.2. The van der Waals surface area contributed by atoms with E-state index in [4.69, 9.17) is 11.6 Å². The van der Waals surface area contributed by atoms with Crippen molar-refractivity contribution in [2.24, 2.45) is 5.92 Å². The number of hydrogen-bond donors (Lipinski definition) is 2. The number of benzene rings is 1. The van der Waals surface area contributed by atoms with E-state index in [9.17, 15) is 9.59 Å². The van der Waals surface area contributed by atoms with Gasteiger partial charge in [-0.05, 0) is 31.0 Å². The highest BCUT2D eigenvalue weighted by Gasteiger charge is 2.27. The van der Waals surface area contributed by atoms with E-state index in [-0.39, 0.29) is 17.9 Å².